The predicted octanol–water partition coefficient (Wildman–Crippen LogP) is 1.98. The molecule has 6 nitrogen and oxygen atoms in total. The molecule has 1 aromatic carbocycles. The maximum atomic E-state index is 12.1. The molecule has 126 valence electrons. The van der Waals surface area contributed by atoms with Crippen molar-refractivity contribution in [3.05, 3.63) is 48.3 Å². The van der Waals surface area contributed by atoms with Gasteiger partial charge in [0.25, 0.3) is 0 Å². The Bertz CT molecular complexity index is 697. The summed E-state index contributed by atoms with van der Waals surface area (Å²) in [6, 6.07) is 9.70. The van der Waals surface area contributed by atoms with Gasteiger partial charge >= 0.3 is 0 Å². The summed E-state index contributed by atoms with van der Waals surface area (Å²) in [5, 5.41) is 9.94. The molecular formula is C18H22N4O2. The number of rotatable bonds is 7. The number of benzene rings is 1. The molecule has 0 saturated carbocycles. The largest absolute Gasteiger partial charge is 0.356 e. The van der Waals surface area contributed by atoms with Gasteiger partial charge in [-0.2, -0.15) is 5.10 Å². The number of hydrogen-bond donors (Lipinski definition) is 2. The van der Waals surface area contributed by atoms with E-state index in [9.17, 15) is 9.59 Å². The molecule has 0 fully saturated rings. The van der Waals surface area contributed by atoms with Crippen LogP contribution in [0.1, 0.15) is 24.8 Å². The van der Waals surface area contributed by atoms with Crippen molar-refractivity contribution in [3.63, 3.8) is 0 Å². The third-order valence-electron chi connectivity index (χ3n) is 4.28. The van der Waals surface area contributed by atoms with E-state index in [4.69, 9.17) is 0 Å². The van der Waals surface area contributed by atoms with Crippen LogP contribution in [0.3, 0.4) is 0 Å². The standard InChI is InChI=1S/C18H22N4O2/c23-17(19-9-3-11-22-12-4-10-20-22)8-7-15-13-14-5-1-2-6-16(14)21-18(15)24/h1-2,4-6,10,12,15H,3,7-9,11,13H2,(H,19,23)(H,21,24)/t15-/m0/s1. The monoisotopic (exact) mass is 326 g/mol. The van der Waals surface area contributed by atoms with Crippen molar-refractivity contribution in [2.75, 3.05) is 11.9 Å². The van der Waals surface area contributed by atoms with Crippen LogP contribution in [0.5, 0.6) is 0 Å². The summed E-state index contributed by atoms with van der Waals surface area (Å²) < 4.78 is 1.84. The summed E-state index contributed by atoms with van der Waals surface area (Å²) in [4.78, 5) is 24.0. The molecule has 0 bridgehead atoms. The number of nitrogens with zero attached hydrogens (tertiary/aromatic N) is 2. The highest BCUT2D eigenvalue weighted by Gasteiger charge is 2.26. The summed E-state index contributed by atoms with van der Waals surface area (Å²) in [5.41, 5.74) is 2.03. The van der Waals surface area contributed by atoms with E-state index in [2.05, 4.69) is 15.7 Å². The Hall–Kier alpha value is -2.63. The van der Waals surface area contributed by atoms with Crippen LogP contribution in [-0.4, -0.2) is 28.1 Å². The van der Waals surface area contributed by atoms with Crippen LogP contribution in [0.15, 0.2) is 42.7 Å². The van der Waals surface area contributed by atoms with Crippen LogP contribution >= 0.6 is 0 Å². The average molecular weight is 326 g/mol. The van der Waals surface area contributed by atoms with E-state index in [-0.39, 0.29) is 17.7 Å². The number of hydrogen-bond acceptors (Lipinski definition) is 3. The van der Waals surface area contributed by atoms with Gasteiger partial charge in [-0.1, -0.05) is 18.2 Å². The molecule has 2 aromatic rings. The van der Waals surface area contributed by atoms with E-state index in [1.54, 1.807) is 6.20 Å². The van der Waals surface area contributed by atoms with Crippen molar-refractivity contribution in [2.24, 2.45) is 5.92 Å². The Labute approximate surface area is 141 Å². The quantitative estimate of drug-likeness (QED) is 0.764. The zero-order valence-electron chi connectivity index (χ0n) is 13.6. The van der Waals surface area contributed by atoms with Gasteiger partial charge in [-0.05, 0) is 37.0 Å². The van der Waals surface area contributed by atoms with Crippen molar-refractivity contribution in [1.29, 1.82) is 0 Å². The second kappa shape index (κ2) is 7.77. The number of anilines is 1. The molecule has 1 aromatic heterocycles. The van der Waals surface area contributed by atoms with E-state index >= 15 is 0 Å². The average Bonchev–Trinajstić information content (AvgIpc) is 3.10. The molecule has 1 aliphatic rings. The van der Waals surface area contributed by atoms with Crippen molar-refractivity contribution in [2.45, 2.75) is 32.2 Å². The molecule has 0 unspecified atom stereocenters. The van der Waals surface area contributed by atoms with E-state index in [1.807, 2.05) is 41.2 Å². The van der Waals surface area contributed by atoms with Gasteiger partial charge in [0.05, 0.1) is 0 Å². The molecule has 0 spiro atoms. The molecule has 3 rings (SSSR count). The van der Waals surface area contributed by atoms with Crippen LogP contribution in [0, 0.1) is 5.92 Å². The highest BCUT2D eigenvalue weighted by molar-refractivity contribution is 5.96. The zero-order valence-corrected chi connectivity index (χ0v) is 13.6. The normalized spacial score (nSPS) is 16.3. The number of carbonyl (C=O) groups excluding carboxylic acids is 2. The minimum absolute atomic E-state index is 0.00197. The first-order valence-corrected chi connectivity index (χ1v) is 8.35. The Morgan fingerprint density at radius 1 is 1.33 bits per heavy atom. The zero-order chi connectivity index (χ0) is 16.8. The molecular weight excluding hydrogens is 304 g/mol. The minimum Gasteiger partial charge on any atom is -0.356 e. The van der Waals surface area contributed by atoms with Gasteiger partial charge in [-0.15, -0.1) is 0 Å². The first kappa shape index (κ1) is 16.2. The third-order valence-corrected chi connectivity index (χ3v) is 4.28. The molecule has 2 amide bonds. The molecule has 1 atom stereocenters. The van der Waals surface area contributed by atoms with Gasteiger partial charge in [0.15, 0.2) is 0 Å². The lowest BCUT2D eigenvalue weighted by Crippen LogP contribution is -2.32. The van der Waals surface area contributed by atoms with Crippen LogP contribution < -0.4 is 10.6 Å². The van der Waals surface area contributed by atoms with E-state index < -0.39 is 0 Å². The number of para-hydroxylation sites is 1. The third kappa shape index (κ3) is 4.22. The predicted molar refractivity (Wildman–Crippen MR) is 91.4 cm³/mol. The molecule has 1 aliphatic heterocycles. The fourth-order valence-electron chi connectivity index (χ4n) is 2.94. The Balaban J connectivity index is 1.37. The Morgan fingerprint density at radius 3 is 3.04 bits per heavy atom. The van der Waals surface area contributed by atoms with E-state index in [0.29, 0.717) is 25.8 Å². The maximum absolute atomic E-state index is 12.1. The van der Waals surface area contributed by atoms with Gasteiger partial charge in [-0.3, -0.25) is 14.3 Å². The first-order valence-electron chi connectivity index (χ1n) is 8.35. The topological polar surface area (TPSA) is 76.0 Å². The Morgan fingerprint density at radius 2 is 2.21 bits per heavy atom. The van der Waals surface area contributed by atoms with E-state index in [0.717, 1.165) is 24.2 Å². The SMILES string of the molecule is O=C(CC[C@H]1Cc2ccccc2NC1=O)NCCCn1cccn1. The molecule has 6 heteroatoms. The fraction of sp³-hybridized carbons (Fsp3) is 0.389. The lowest BCUT2D eigenvalue weighted by atomic mass is 9.89. The number of aromatic nitrogens is 2. The number of aryl methyl sites for hydroxylation is 1. The van der Waals surface area contributed by atoms with Crippen LogP contribution in [0.25, 0.3) is 0 Å². The van der Waals surface area contributed by atoms with Crippen LogP contribution in [0.4, 0.5) is 5.69 Å². The summed E-state index contributed by atoms with van der Waals surface area (Å²) in [7, 11) is 0. The van der Waals surface area contributed by atoms with Crippen molar-refractivity contribution in [3.8, 4) is 0 Å². The highest BCUT2D eigenvalue weighted by atomic mass is 16.2. The van der Waals surface area contributed by atoms with Crippen LogP contribution in [-0.2, 0) is 22.6 Å². The lowest BCUT2D eigenvalue weighted by molar-refractivity contribution is -0.122. The summed E-state index contributed by atoms with van der Waals surface area (Å²) in [6.07, 6.45) is 6.14. The molecule has 0 radical (unpaired) electrons. The smallest absolute Gasteiger partial charge is 0.227 e. The second-order valence-corrected chi connectivity index (χ2v) is 6.06. The minimum atomic E-state index is -0.130. The van der Waals surface area contributed by atoms with E-state index in [1.165, 1.54) is 0 Å². The molecule has 2 N–H and O–H groups in total. The second-order valence-electron chi connectivity index (χ2n) is 6.06. The number of nitrogens with one attached hydrogen (secondary N) is 2. The molecule has 24 heavy (non-hydrogen) atoms. The Kier molecular flexibility index (Phi) is 5.25. The lowest BCUT2D eigenvalue weighted by Gasteiger charge is -2.24. The van der Waals surface area contributed by atoms with Crippen molar-refractivity contribution < 1.29 is 9.59 Å². The van der Waals surface area contributed by atoms with Gasteiger partial charge < -0.3 is 10.6 Å². The summed E-state index contributed by atoms with van der Waals surface area (Å²) in [5.74, 6) is -0.114. The van der Waals surface area contributed by atoms with Crippen molar-refractivity contribution in [1.82, 2.24) is 15.1 Å². The molecule has 2 heterocycles. The number of fused-ring (bicyclic) bond motifs is 1. The van der Waals surface area contributed by atoms with Gasteiger partial charge in [0, 0.05) is 43.5 Å². The van der Waals surface area contributed by atoms with Gasteiger partial charge in [0.1, 0.15) is 0 Å². The highest BCUT2D eigenvalue weighted by Crippen LogP contribution is 2.27. The number of carbonyl (C=O) groups is 2. The fourth-order valence-corrected chi connectivity index (χ4v) is 2.94. The molecule has 0 aliphatic carbocycles. The summed E-state index contributed by atoms with van der Waals surface area (Å²) >= 11 is 0. The van der Waals surface area contributed by atoms with Crippen LogP contribution in [0.2, 0.25) is 0 Å². The van der Waals surface area contributed by atoms with Gasteiger partial charge in [-0.25, -0.2) is 0 Å². The molecule has 0 saturated heterocycles. The van der Waals surface area contributed by atoms with Crippen molar-refractivity contribution >= 4 is 17.5 Å². The van der Waals surface area contributed by atoms with Gasteiger partial charge in [0.2, 0.25) is 11.8 Å². The summed E-state index contributed by atoms with van der Waals surface area (Å²) in [6.45, 7) is 1.41. The number of amides is 2. The maximum Gasteiger partial charge on any atom is 0.227 e. The first-order chi connectivity index (χ1) is 11.7.